The summed E-state index contributed by atoms with van der Waals surface area (Å²) >= 11 is 0. The van der Waals surface area contributed by atoms with Gasteiger partial charge in [0.15, 0.2) is 0 Å². The van der Waals surface area contributed by atoms with Crippen LogP contribution in [0.15, 0.2) is 36.5 Å². The van der Waals surface area contributed by atoms with E-state index in [1.165, 1.54) is 29.8 Å². The van der Waals surface area contributed by atoms with Crippen LogP contribution in [0.4, 0.5) is 5.69 Å². The van der Waals surface area contributed by atoms with Crippen LogP contribution in [0.5, 0.6) is 0 Å². The van der Waals surface area contributed by atoms with Gasteiger partial charge >= 0.3 is 0 Å². The van der Waals surface area contributed by atoms with Crippen LogP contribution >= 0.6 is 0 Å². The van der Waals surface area contributed by atoms with Crippen LogP contribution in [-0.2, 0) is 5.66 Å². The second-order valence-electron chi connectivity index (χ2n) is 5.12. The molecule has 2 aliphatic heterocycles. The molecule has 0 spiro atoms. The normalized spacial score (nSPS) is 25.4. The molecule has 1 atom stereocenters. The van der Waals surface area contributed by atoms with Crippen molar-refractivity contribution in [2.75, 3.05) is 11.4 Å². The van der Waals surface area contributed by atoms with E-state index in [4.69, 9.17) is 0 Å². The fourth-order valence-electron chi connectivity index (χ4n) is 3.36. The Kier molecular flexibility index (Phi) is 1.59. The Morgan fingerprint density at radius 2 is 2.12 bits per heavy atom. The first-order chi connectivity index (χ1) is 8.31. The van der Waals surface area contributed by atoms with Gasteiger partial charge in [0.05, 0.1) is 5.69 Å². The van der Waals surface area contributed by atoms with Gasteiger partial charge < -0.3 is 4.90 Å². The van der Waals surface area contributed by atoms with Gasteiger partial charge in [0.25, 0.3) is 0 Å². The molecule has 0 aliphatic carbocycles. The number of rotatable bonds is 0. The number of fused-ring (bicyclic) bond motifs is 6. The summed E-state index contributed by atoms with van der Waals surface area (Å²) < 4.78 is 2.20. The number of hydrogen-bond donors (Lipinski definition) is 0. The second-order valence-corrected chi connectivity index (χ2v) is 5.12. The van der Waals surface area contributed by atoms with Crippen LogP contribution in [-0.4, -0.2) is 16.3 Å². The van der Waals surface area contributed by atoms with E-state index in [-0.39, 0.29) is 5.66 Å². The van der Waals surface area contributed by atoms with Crippen molar-refractivity contribution in [3.05, 3.63) is 36.5 Å². The van der Waals surface area contributed by atoms with E-state index in [0.717, 1.165) is 6.54 Å². The van der Waals surface area contributed by atoms with Crippen molar-refractivity contribution in [2.45, 2.75) is 25.4 Å². The van der Waals surface area contributed by atoms with E-state index >= 15 is 0 Å². The molecule has 86 valence electrons. The molecule has 0 amide bonds. The van der Waals surface area contributed by atoms with E-state index in [2.05, 4.69) is 51.9 Å². The molecule has 4 rings (SSSR count). The van der Waals surface area contributed by atoms with E-state index in [1.807, 2.05) is 6.20 Å². The summed E-state index contributed by atoms with van der Waals surface area (Å²) in [5.41, 5.74) is 3.96. The maximum Gasteiger partial charge on any atom is 0.131 e. The number of para-hydroxylation sites is 1. The Morgan fingerprint density at radius 3 is 3.06 bits per heavy atom. The Balaban J connectivity index is 2.08. The summed E-state index contributed by atoms with van der Waals surface area (Å²) in [6, 6.07) is 10.8. The lowest BCUT2D eigenvalue weighted by atomic mass is 10.0. The second kappa shape index (κ2) is 2.92. The quantitative estimate of drug-likeness (QED) is 0.687. The first-order valence-corrected chi connectivity index (χ1v) is 6.22. The summed E-state index contributed by atoms with van der Waals surface area (Å²) in [7, 11) is 0. The van der Waals surface area contributed by atoms with Crippen molar-refractivity contribution in [3.63, 3.8) is 0 Å². The molecule has 1 aromatic carbocycles. The van der Waals surface area contributed by atoms with Gasteiger partial charge in [0.2, 0.25) is 0 Å². The zero-order valence-electron chi connectivity index (χ0n) is 9.93. The minimum atomic E-state index is 0.0349. The lowest BCUT2D eigenvalue weighted by Crippen LogP contribution is -2.47. The molecule has 1 fully saturated rings. The predicted molar refractivity (Wildman–Crippen MR) is 67.9 cm³/mol. The number of benzene rings is 1. The van der Waals surface area contributed by atoms with E-state index in [1.54, 1.807) is 0 Å². The zero-order valence-corrected chi connectivity index (χ0v) is 9.93. The summed E-state index contributed by atoms with van der Waals surface area (Å²) in [5, 5.41) is 4.55. The van der Waals surface area contributed by atoms with Crippen LogP contribution < -0.4 is 4.90 Å². The van der Waals surface area contributed by atoms with Gasteiger partial charge in [0, 0.05) is 24.0 Å². The third-order valence-corrected chi connectivity index (χ3v) is 4.18. The third kappa shape index (κ3) is 0.996. The molecule has 0 N–H and O–H groups in total. The Morgan fingerprint density at radius 1 is 1.24 bits per heavy atom. The lowest BCUT2D eigenvalue weighted by Gasteiger charge is -2.42. The fraction of sp³-hybridized carbons (Fsp3) is 0.357. The van der Waals surface area contributed by atoms with Crippen molar-refractivity contribution in [2.24, 2.45) is 0 Å². The molecule has 17 heavy (non-hydrogen) atoms. The Labute approximate surface area is 101 Å². The number of nitrogens with zero attached hydrogens (tertiary/aromatic N) is 3. The highest BCUT2D eigenvalue weighted by Crippen LogP contribution is 2.47. The fourth-order valence-corrected chi connectivity index (χ4v) is 3.36. The lowest BCUT2D eigenvalue weighted by molar-refractivity contribution is 0.297. The van der Waals surface area contributed by atoms with Crippen molar-refractivity contribution < 1.29 is 0 Å². The topological polar surface area (TPSA) is 21.1 Å². The standard InChI is InChI=1S/C14H15N3/c1-14-8-4-10-16(14)12-6-3-2-5-11(12)13-7-9-15-17(13)14/h2-3,5-7,9H,4,8,10H2,1H3. The molecular formula is C14H15N3. The van der Waals surface area contributed by atoms with Crippen molar-refractivity contribution in [1.29, 1.82) is 0 Å². The number of hydrogen-bond acceptors (Lipinski definition) is 2. The van der Waals surface area contributed by atoms with Crippen LogP contribution in [0.1, 0.15) is 19.8 Å². The minimum absolute atomic E-state index is 0.0349. The van der Waals surface area contributed by atoms with Gasteiger partial charge in [-0.15, -0.1) is 0 Å². The maximum absolute atomic E-state index is 4.55. The molecule has 1 saturated heterocycles. The molecule has 1 aromatic heterocycles. The van der Waals surface area contributed by atoms with Crippen LogP contribution in [0.2, 0.25) is 0 Å². The largest absolute Gasteiger partial charge is 0.347 e. The Hall–Kier alpha value is -1.77. The van der Waals surface area contributed by atoms with Crippen molar-refractivity contribution >= 4 is 5.69 Å². The highest BCUT2D eigenvalue weighted by atomic mass is 15.5. The third-order valence-electron chi connectivity index (χ3n) is 4.18. The first kappa shape index (κ1) is 9.28. The molecule has 2 aliphatic rings. The van der Waals surface area contributed by atoms with Gasteiger partial charge in [-0.2, -0.15) is 5.10 Å². The average molecular weight is 225 g/mol. The highest BCUT2D eigenvalue weighted by Gasteiger charge is 2.44. The van der Waals surface area contributed by atoms with Gasteiger partial charge in [0.1, 0.15) is 5.66 Å². The predicted octanol–water partition coefficient (Wildman–Crippen LogP) is 2.84. The monoisotopic (exact) mass is 225 g/mol. The summed E-state index contributed by atoms with van der Waals surface area (Å²) in [6.45, 7) is 3.43. The zero-order chi connectivity index (χ0) is 11.5. The van der Waals surface area contributed by atoms with Gasteiger partial charge in [-0.05, 0) is 31.9 Å². The molecule has 0 bridgehead atoms. The molecule has 3 nitrogen and oxygen atoms in total. The molecule has 0 radical (unpaired) electrons. The first-order valence-electron chi connectivity index (χ1n) is 6.22. The summed E-state index contributed by atoms with van der Waals surface area (Å²) in [4.78, 5) is 2.50. The highest BCUT2D eigenvalue weighted by molar-refractivity contribution is 5.79. The van der Waals surface area contributed by atoms with E-state index < -0.39 is 0 Å². The van der Waals surface area contributed by atoms with Gasteiger partial charge in [-0.1, -0.05) is 18.2 Å². The summed E-state index contributed by atoms with van der Waals surface area (Å²) in [5.74, 6) is 0. The number of anilines is 1. The number of aromatic nitrogens is 2. The van der Waals surface area contributed by atoms with E-state index in [0.29, 0.717) is 0 Å². The van der Waals surface area contributed by atoms with Crippen LogP contribution in [0, 0.1) is 0 Å². The molecule has 2 aromatic rings. The smallest absolute Gasteiger partial charge is 0.131 e. The van der Waals surface area contributed by atoms with Gasteiger partial charge in [-0.3, -0.25) is 0 Å². The maximum atomic E-state index is 4.55. The molecule has 1 unspecified atom stereocenters. The molecule has 0 saturated carbocycles. The summed E-state index contributed by atoms with van der Waals surface area (Å²) in [6.07, 6.45) is 4.33. The van der Waals surface area contributed by atoms with Gasteiger partial charge in [-0.25, -0.2) is 4.68 Å². The van der Waals surface area contributed by atoms with Crippen LogP contribution in [0.3, 0.4) is 0 Å². The SMILES string of the molecule is CC12CCCN1c1ccccc1-c1ccnn12. The van der Waals surface area contributed by atoms with Crippen molar-refractivity contribution in [3.8, 4) is 11.3 Å². The minimum Gasteiger partial charge on any atom is -0.347 e. The average Bonchev–Trinajstić information content (AvgIpc) is 2.95. The molecule has 3 heterocycles. The molecule has 3 heteroatoms. The van der Waals surface area contributed by atoms with Crippen molar-refractivity contribution in [1.82, 2.24) is 9.78 Å². The Bertz CT molecular complexity index is 587. The van der Waals surface area contributed by atoms with Crippen LogP contribution in [0.25, 0.3) is 11.3 Å². The molecular weight excluding hydrogens is 210 g/mol. The van der Waals surface area contributed by atoms with E-state index in [9.17, 15) is 0 Å².